The molecule has 0 radical (unpaired) electrons. The molecule has 376 valence electrons. The lowest BCUT2D eigenvalue weighted by atomic mass is 9.85. The summed E-state index contributed by atoms with van der Waals surface area (Å²) in [4.78, 5) is 31.9. The lowest BCUT2D eigenvalue weighted by Crippen LogP contribution is -2.46. The molecule has 2 aromatic carbocycles. The largest absolute Gasteiger partial charge is 0.480 e. The number of hydrogen-bond donors (Lipinski definition) is 4. The number of nitrogens with zero attached hydrogens (tertiary/aromatic N) is 5. The molecule has 1 amide bonds. The second-order valence-corrected chi connectivity index (χ2v) is 21.7. The van der Waals surface area contributed by atoms with Crippen molar-refractivity contribution in [2.45, 2.75) is 46.7 Å². The van der Waals surface area contributed by atoms with E-state index in [1.54, 1.807) is 35.8 Å². The summed E-state index contributed by atoms with van der Waals surface area (Å²) >= 11 is 35.4. The first-order valence-electron chi connectivity index (χ1n) is 20.3. The lowest BCUT2D eigenvalue weighted by Gasteiger charge is -2.38. The number of carbonyl (C=O) groups excluding carboxylic acids is 1. The average Bonchev–Trinajstić information content (AvgIpc) is 3.27. The fraction of sp³-hybridized carbons (Fsp3) is 0.429. The first kappa shape index (κ1) is 59.6. The molecule has 17 nitrogen and oxygen atoms in total. The van der Waals surface area contributed by atoms with Crippen molar-refractivity contribution in [3.05, 3.63) is 115 Å². The van der Waals surface area contributed by atoms with Crippen molar-refractivity contribution >= 4 is 114 Å². The number of aliphatic carboxylic acids is 1. The van der Waals surface area contributed by atoms with Gasteiger partial charge >= 0.3 is 5.97 Å². The molecule has 0 bridgehead atoms. The minimum absolute atomic E-state index is 0. The maximum atomic E-state index is 12.8. The molecule has 2 aromatic heterocycles. The molecule has 0 aliphatic carbocycles. The Hall–Kier alpha value is -2.67. The van der Waals surface area contributed by atoms with Gasteiger partial charge in [0.15, 0.2) is 0 Å². The minimum atomic E-state index is -3.98. The smallest absolute Gasteiger partial charge is 0.329 e. The molecule has 6 rings (SSSR count). The molecular formula is C42H51Cl7N6O11S2. The lowest BCUT2D eigenvalue weighted by molar-refractivity contribution is -0.142. The number of ether oxygens (including phenoxy) is 2. The van der Waals surface area contributed by atoms with E-state index in [4.69, 9.17) is 84.2 Å². The third-order valence-electron chi connectivity index (χ3n) is 10.6. The highest BCUT2D eigenvalue weighted by molar-refractivity contribution is 7.89. The van der Waals surface area contributed by atoms with Crippen LogP contribution in [-0.4, -0.2) is 147 Å². The molecule has 0 saturated carbocycles. The molecule has 0 spiro atoms. The second-order valence-electron chi connectivity index (χ2n) is 15.2. The van der Waals surface area contributed by atoms with Crippen LogP contribution in [0.25, 0.3) is 0 Å². The number of amides is 1. The number of rotatable bonds is 16. The zero-order valence-electron chi connectivity index (χ0n) is 36.7. The Morgan fingerprint density at radius 1 is 0.691 bits per heavy atom. The van der Waals surface area contributed by atoms with Gasteiger partial charge in [0.1, 0.15) is 23.0 Å². The summed E-state index contributed by atoms with van der Waals surface area (Å²) in [5.74, 6) is -1.36. The molecule has 4 heterocycles. The van der Waals surface area contributed by atoms with Crippen molar-refractivity contribution in [1.82, 2.24) is 28.8 Å². The fourth-order valence-corrected chi connectivity index (χ4v) is 12.0. The molecule has 0 atom stereocenters. The Labute approximate surface area is 432 Å². The van der Waals surface area contributed by atoms with Gasteiger partial charge in [-0.05, 0) is 75.2 Å². The van der Waals surface area contributed by atoms with Crippen LogP contribution in [0.1, 0.15) is 36.8 Å². The van der Waals surface area contributed by atoms with Crippen LogP contribution in [-0.2, 0) is 50.3 Å². The number of piperidine rings is 2. The molecular weight excluding hydrogens is 1080 g/mol. The molecule has 2 fully saturated rings. The van der Waals surface area contributed by atoms with Crippen LogP contribution in [0.4, 0.5) is 0 Å². The van der Waals surface area contributed by atoms with E-state index in [9.17, 15) is 36.6 Å². The number of likely N-dealkylation sites (N-methyl/N-ethyl adjacent to an activating group) is 2. The number of aliphatic hydroxyl groups is 2. The van der Waals surface area contributed by atoms with Crippen molar-refractivity contribution in [2.75, 3.05) is 79.8 Å². The summed E-state index contributed by atoms with van der Waals surface area (Å²) in [5.41, 5.74) is 0.0159. The number of benzene rings is 2. The van der Waals surface area contributed by atoms with Crippen LogP contribution in [0, 0.1) is 0 Å². The van der Waals surface area contributed by atoms with Crippen molar-refractivity contribution in [1.29, 1.82) is 0 Å². The maximum absolute atomic E-state index is 12.8. The van der Waals surface area contributed by atoms with Crippen LogP contribution in [0.15, 0.2) is 83.1 Å². The number of hydrogen-bond acceptors (Lipinski definition) is 13. The number of pyridine rings is 2. The van der Waals surface area contributed by atoms with Gasteiger partial charge in [-0.25, -0.2) is 21.6 Å². The predicted molar refractivity (Wildman–Crippen MR) is 263 cm³/mol. The Balaban J connectivity index is 0.000000298. The highest BCUT2D eigenvalue weighted by atomic mass is 35.5. The van der Waals surface area contributed by atoms with Crippen molar-refractivity contribution in [2.24, 2.45) is 0 Å². The second kappa shape index (κ2) is 27.2. The van der Waals surface area contributed by atoms with Gasteiger partial charge < -0.3 is 35.0 Å². The Morgan fingerprint density at radius 3 is 1.44 bits per heavy atom. The molecule has 2 aliphatic heterocycles. The summed E-state index contributed by atoms with van der Waals surface area (Å²) in [6.07, 6.45) is 9.11. The fourth-order valence-electron chi connectivity index (χ4n) is 6.72. The standard InChI is InChI=1S/C21H24Cl3N3O5S.C11H12Cl3NO5S.C10H14N2O.ClH/c1-26(33(30,31)20-17(23)11-16(22)12-18(20)24)9-10-32-14-19(28)27-7-4-21(29,5-8-27)15-3-2-6-25-13-15;1-15(2-3-20-6-10(16)17)21(18,19)11-8(13)4-7(12)5-9(11)14;13-10(3-6-11-7-4-10)9-2-1-5-12-8-9;/h2-3,6,11-13,29H,4-5,7-10,14H2,1H3;4-5H,2-3,6H2,1H3,(H,16,17);1-2,5,8,11,13H,3-4,6-7H2;1H. The van der Waals surface area contributed by atoms with Crippen molar-refractivity contribution in [3.63, 3.8) is 0 Å². The van der Waals surface area contributed by atoms with E-state index < -0.39 is 43.8 Å². The number of sulfonamides is 2. The first-order chi connectivity index (χ1) is 31.5. The van der Waals surface area contributed by atoms with E-state index in [0.717, 1.165) is 45.7 Å². The molecule has 26 heteroatoms. The normalized spacial score (nSPS) is 15.6. The van der Waals surface area contributed by atoms with Gasteiger partial charge in [-0.3, -0.25) is 14.8 Å². The van der Waals surface area contributed by atoms with Crippen LogP contribution < -0.4 is 5.32 Å². The number of halogens is 7. The van der Waals surface area contributed by atoms with Crippen molar-refractivity contribution < 1.29 is 51.2 Å². The minimum Gasteiger partial charge on any atom is -0.480 e. The number of carboxylic acids is 1. The monoisotopic (exact) mass is 1120 g/mol. The Kier molecular flexibility index (Phi) is 23.9. The van der Waals surface area contributed by atoms with Crippen LogP contribution in [0.2, 0.25) is 30.1 Å². The highest BCUT2D eigenvalue weighted by Crippen LogP contribution is 2.36. The van der Waals surface area contributed by atoms with Gasteiger partial charge in [0.05, 0.1) is 44.5 Å². The molecule has 2 aliphatic rings. The van der Waals surface area contributed by atoms with Crippen LogP contribution >= 0.6 is 82.0 Å². The third kappa shape index (κ3) is 16.7. The summed E-state index contributed by atoms with van der Waals surface area (Å²) in [6.45, 7) is 1.69. The van der Waals surface area contributed by atoms with Gasteiger partial charge in [0.2, 0.25) is 26.0 Å². The van der Waals surface area contributed by atoms with Gasteiger partial charge in [0, 0.05) is 86.2 Å². The highest BCUT2D eigenvalue weighted by Gasteiger charge is 2.36. The molecule has 2 saturated heterocycles. The summed E-state index contributed by atoms with van der Waals surface area (Å²) in [7, 11) is -5.24. The molecule has 4 N–H and O–H groups in total. The van der Waals surface area contributed by atoms with Gasteiger partial charge in [0.25, 0.3) is 0 Å². The molecule has 68 heavy (non-hydrogen) atoms. The Morgan fingerprint density at radius 2 is 1.07 bits per heavy atom. The molecule has 4 aromatic rings. The van der Waals surface area contributed by atoms with Gasteiger partial charge in [-0.1, -0.05) is 81.7 Å². The summed E-state index contributed by atoms with van der Waals surface area (Å²) in [5, 5.41) is 32.9. The predicted octanol–water partition coefficient (Wildman–Crippen LogP) is 6.63. The summed E-state index contributed by atoms with van der Waals surface area (Å²) in [6, 6.07) is 12.6. The maximum Gasteiger partial charge on any atom is 0.329 e. The number of likely N-dealkylation sites (tertiary alicyclic amines) is 1. The first-order valence-corrected chi connectivity index (χ1v) is 25.5. The Bertz CT molecular complexity index is 2460. The van der Waals surface area contributed by atoms with E-state index in [1.807, 2.05) is 18.2 Å². The van der Waals surface area contributed by atoms with Gasteiger partial charge in [-0.2, -0.15) is 8.61 Å². The number of carboxylic acid groups (broad SMARTS) is 1. The number of nitrogens with one attached hydrogen (secondary N) is 1. The number of carbonyl (C=O) groups is 2. The SMILES string of the molecule is CN(CCOCC(=O)N1CCC(O)(c2cccnc2)CC1)S(=O)(=O)c1c(Cl)cc(Cl)cc1Cl.CN(CCOCC(=O)O)S(=O)(=O)c1c(Cl)cc(Cl)cc1Cl.Cl.OC1(c2cccnc2)CCNCC1. The zero-order chi connectivity index (χ0) is 49.6. The van der Waals surface area contributed by atoms with E-state index in [2.05, 4.69) is 15.3 Å². The average molecular weight is 1130 g/mol. The van der Waals surface area contributed by atoms with Gasteiger partial charge in [-0.15, -0.1) is 12.4 Å². The van der Waals surface area contributed by atoms with Crippen LogP contribution in [0.3, 0.4) is 0 Å². The van der Waals surface area contributed by atoms with E-state index in [0.29, 0.717) is 25.9 Å². The third-order valence-corrected chi connectivity index (χ3v) is 16.6. The van der Waals surface area contributed by atoms with E-state index in [-0.39, 0.29) is 91.2 Å². The zero-order valence-corrected chi connectivity index (χ0v) is 43.6. The topological polar surface area (TPSA) is 229 Å². The quantitative estimate of drug-likeness (QED) is 0.0864. The van der Waals surface area contributed by atoms with E-state index in [1.165, 1.54) is 38.4 Å². The molecule has 0 unspecified atom stereocenters. The summed E-state index contributed by atoms with van der Waals surface area (Å²) < 4.78 is 62.5. The van der Waals surface area contributed by atoms with Crippen LogP contribution in [0.5, 0.6) is 0 Å². The van der Waals surface area contributed by atoms with E-state index >= 15 is 0 Å². The number of aromatic nitrogens is 2. The van der Waals surface area contributed by atoms with Crippen molar-refractivity contribution in [3.8, 4) is 0 Å².